The van der Waals surface area contributed by atoms with Gasteiger partial charge in [0.15, 0.2) is 11.4 Å². The average Bonchev–Trinajstić information content (AvgIpc) is 3.07. The van der Waals surface area contributed by atoms with Crippen LogP contribution in [-0.2, 0) is 0 Å². The molecule has 0 amide bonds. The number of nitro benzene ring substituents is 2. The molecule has 0 saturated carbocycles. The summed E-state index contributed by atoms with van der Waals surface area (Å²) < 4.78 is 0. The summed E-state index contributed by atoms with van der Waals surface area (Å²) in [6, 6.07) is 12.5. The molecule has 0 aliphatic heterocycles. The zero-order valence-corrected chi connectivity index (χ0v) is 25.2. The van der Waals surface area contributed by atoms with Gasteiger partial charge in [0.1, 0.15) is 23.6 Å². The van der Waals surface area contributed by atoms with Crippen molar-refractivity contribution in [3.8, 4) is 0 Å². The molecule has 3 aromatic carbocycles. The number of H-pyrrole nitrogens is 2. The van der Waals surface area contributed by atoms with Crippen LogP contribution in [-0.4, -0.2) is 63.3 Å². The highest BCUT2D eigenvalue weighted by Crippen LogP contribution is 2.25. The Bertz CT molecular complexity index is 2240. The van der Waals surface area contributed by atoms with Crippen LogP contribution >= 0.6 is 0 Å². The van der Waals surface area contributed by atoms with Crippen molar-refractivity contribution in [2.24, 2.45) is 43.3 Å². The molecule has 0 aliphatic rings. The summed E-state index contributed by atoms with van der Waals surface area (Å²) in [5, 5.41) is 59.7. The molecule has 0 fully saturated rings. The maximum absolute atomic E-state index is 13.0. The number of nitrogens with one attached hydrogen (secondary N) is 2. The lowest BCUT2D eigenvalue weighted by Gasteiger charge is -2.16. The minimum Gasteiger partial charge on any atom is -0.382 e. The fourth-order valence-corrected chi connectivity index (χ4v) is 4.59. The smallest absolute Gasteiger partial charge is 0.276 e. The molecule has 254 valence electrons. The molecular weight excluding hydrogens is 660 g/mol. The Balaban J connectivity index is 1.53. The van der Waals surface area contributed by atoms with E-state index in [1.165, 1.54) is 48.5 Å². The van der Waals surface area contributed by atoms with Crippen LogP contribution in [0.3, 0.4) is 0 Å². The molecule has 2 aromatic heterocycles. The van der Waals surface area contributed by atoms with Crippen molar-refractivity contribution in [2.45, 2.75) is 12.2 Å². The van der Waals surface area contributed by atoms with Crippen molar-refractivity contribution >= 4 is 56.8 Å². The number of aliphatic hydroxyl groups is 2. The number of guanidine groups is 2. The molecule has 12 N–H and O–H groups in total. The number of non-ortho nitro benzene ring substituents is 2. The first-order valence-corrected chi connectivity index (χ1v) is 13.9. The molecule has 5 aromatic rings. The van der Waals surface area contributed by atoms with Gasteiger partial charge >= 0.3 is 0 Å². The Morgan fingerprint density at radius 1 is 0.640 bits per heavy atom. The Hall–Kier alpha value is -7.46. The molecule has 0 bridgehead atoms. The van der Waals surface area contributed by atoms with Gasteiger partial charge in [-0.3, -0.25) is 29.8 Å². The van der Waals surface area contributed by atoms with E-state index in [9.17, 15) is 40.0 Å². The van der Waals surface area contributed by atoms with E-state index in [0.717, 1.165) is 12.1 Å². The third-order valence-electron chi connectivity index (χ3n) is 6.89. The highest BCUT2D eigenvalue weighted by Gasteiger charge is 2.26. The molecule has 0 aliphatic carbocycles. The lowest BCUT2D eigenvalue weighted by molar-refractivity contribution is -0.384. The van der Waals surface area contributed by atoms with Crippen LogP contribution in [0.2, 0.25) is 0 Å². The number of hydrogen-bond acceptors (Lipinski definition) is 14. The zero-order valence-electron chi connectivity index (χ0n) is 25.2. The van der Waals surface area contributed by atoms with Crippen LogP contribution in [0.1, 0.15) is 34.7 Å². The van der Waals surface area contributed by atoms with Crippen LogP contribution in [0, 0.1) is 20.2 Å². The first-order chi connectivity index (χ1) is 23.7. The van der Waals surface area contributed by atoms with Gasteiger partial charge < -0.3 is 43.1 Å². The summed E-state index contributed by atoms with van der Waals surface area (Å²) >= 11 is 0. The second-order valence-electron chi connectivity index (χ2n) is 10.2. The molecule has 0 spiro atoms. The van der Waals surface area contributed by atoms with Crippen molar-refractivity contribution in [2.75, 3.05) is 0 Å². The van der Waals surface area contributed by atoms with E-state index >= 15 is 0 Å². The predicted molar refractivity (Wildman–Crippen MR) is 179 cm³/mol. The van der Waals surface area contributed by atoms with Gasteiger partial charge in [0.05, 0.1) is 31.9 Å². The van der Waals surface area contributed by atoms with Crippen LogP contribution in [0.15, 0.2) is 90.7 Å². The summed E-state index contributed by atoms with van der Waals surface area (Å²) in [4.78, 5) is 60.4. The number of nitro groups is 2. The Kier molecular flexibility index (Phi) is 9.30. The second kappa shape index (κ2) is 13.7. The largest absolute Gasteiger partial charge is 0.382 e. The van der Waals surface area contributed by atoms with E-state index in [2.05, 4.69) is 40.3 Å². The van der Waals surface area contributed by atoms with Crippen molar-refractivity contribution in [3.63, 3.8) is 0 Å². The summed E-state index contributed by atoms with van der Waals surface area (Å²) in [7, 11) is 0. The van der Waals surface area contributed by atoms with Crippen LogP contribution in [0.5, 0.6) is 0 Å². The maximum Gasteiger partial charge on any atom is 0.276 e. The van der Waals surface area contributed by atoms with E-state index in [4.69, 9.17) is 22.9 Å². The van der Waals surface area contributed by atoms with Gasteiger partial charge in [0.25, 0.3) is 22.5 Å². The van der Waals surface area contributed by atoms with E-state index in [1.807, 2.05) is 0 Å². The number of nitrogens with zero attached hydrogens (tertiary/aromatic N) is 8. The highest BCUT2D eigenvalue weighted by atomic mass is 16.6. The quantitative estimate of drug-likeness (QED) is 0.0394. The van der Waals surface area contributed by atoms with E-state index in [1.54, 1.807) is 0 Å². The zero-order chi connectivity index (χ0) is 36.3. The molecular formula is C28H24N14O8. The van der Waals surface area contributed by atoms with Gasteiger partial charge in [0, 0.05) is 24.3 Å². The predicted octanol–water partition coefficient (Wildman–Crippen LogP) is -0.602. The molecule has 2 heterocycles. The number of aromatic amines is 2. The van der Waals surface area contributed by atoms with Crippen molar-refractivity contribution in [1.82, 2.24) is 19.9 Å². The van der Waals surface area contributed by atoms with Gasteiger partial charge in [0.2, 0.25) is 11.9 Å². The SMILES string of the molecule is NC(N)=N/N=C(\c1nc2ccc([N+](=O)[O-])cc2[nH]c1=O)[C@H](O)c1ccc([C@@H](O)/C(=N/N=C(N)N)c2nc3ccc([N+](=O)[O-])cc3[nH]c2=O)cc1. The molecule has 5 rings (SSSR count). The van der Waals surface area contributed by atoms with Crippen molar-refractivity contribution < 1.29 is 20.1 Å². The topological polar surface area (TPSA) is 372 Å². The lowest BCUT2D eigenvalue weighted by Crippen LogP contribution is -2.27. The summed E-state index contributed by atoms with van der Waals surface area (Å²) in [6.45, 7) is 0. The highest BCUT2D eigenvalue weighted by molar-refractivity contribution is 6.04. The normalized spacial score (nSPS) is 13.1. The molecule has 50 heavy (non-hydrogen) atoms. The van der Waals surface area contributed by atoms with Gasteiger partial charge in [-0.2, -0.15) is 0 Å². The number of benzene rings is 3. The summed E-state index contributed by atoms with van der Waals surface area (Å²) in [5.41, 5.74) is 18.2. The maximum atomic E-state index is 13.0. The van der Waals surface area contributed by atoms with Gasteiger partial charge in [-0.1, -0.05) is 24.3 Å². The van der Waals surface area contributed by atoms with E-state index < -0.39 is 67.9 Å². The lowest BCUT2D eigenvalue weighted by atomic mass is 9.97. The number of rotatable bonds is 10. The minimum absolute atomic E-state index is 0.0428. The molecule has 0 saturated heterocycles. The Morgan fingerprint density at radius 3 is 1.32 bits per heavy atom. The fraction of sp³-hybridized carbons (Fsp3) is 0.0714. The number of hydrogen-bond donors (Lipinski definition) is 8. The van der Waals surface area contributed by atoms with Gasteiger partial charge in [-0.25, -0.2) is 9.97 Å². The van der Waals surface area contributed by atoms with Gasteiger partial charge in [-0.15, -0.1) is 20.4 Å². The van der Waals surface area contributed by atoms with E-state index in [0.29, 0.717) is 0 Å². The number of aromatic nitrogens is 4. The van der Waals surface area contributed by atoms with Crippen LogP contribution < -0.4 is 34.1 Å². The minimum atomic E-state index is -1.70. The third-order valence-corrected chi connectivity index (χ3v) is 6.89. The average molecular weight is 685 g/mol. The van der Waals surface area contributed by atoms with Gasteiger partial charge in [-0.05, 0) is 23.3 Å². The van der Waals surface area contributed by atoms with E-state index in [-0.39, 0.29) is 44.6 Å². The standard InChI is InChI=1S/C28H24N14O8/c29-27(30)39-37-19(21-25(45)35-17-9-13(41(47)48)5-7-15(17)33-21)23(43)11-1-2-12(4-3-11)24(44)20(38-40-28(31)32)22-26(46)36-18-10-14(42(49)50)6-8-16(18)34-22/h1-10,23-24,43-44H,(H,35,45)(H,36,46)(H4,29,30,39)(H4,31,32,40)/b37-19+,38-20+/t23-,24-/m1/s1. The van der Waals surface area contributed by atoms with Crippen LogP contribution in [0.25, 0.3) is 22.1 Å². The molecule has 0 unspecified atom stereocenters. The number of aliphatic hydroxyl groups excluding tert-OH is 2. The molecule has 22 heteroatoms. The molecule has 22 nitrogen and oxygen atoms in total. The Labute approximate surface area is 276 Å². The second-order valence-corrected chi connectivity index (χ2v) is 10.2. The molecule has 0 radical (unpaired) electrons. The third kappa shape index (κ3) is 7.09. The first kappa shape index (κ1) is 33.9. The number of fused-ring (bicyclic) bond motifs is 2. The summed E-state index contributed by atoms with van der Waals surface area (Å²) in [6.07, 6.45) is -3.39. The first-order valence-electron chi connectivity index (χ1n) is 13.9. The van der Waals surface area contributed by atoms with Crippen molar-refractivity contribution in [1.29, 1.82) is 0 Å². The van der Waals surface area contributed by atoms with Crippen LogP contribution in [0.4, 0.5) is 11.4 Å². The molecule has 2 atom stereocenters. The fourth-order valence-electron chi connectivity index (χ4n) is 4.59. The van der Waals surface area contributed by atoms with Crippen molar-refractivity contribution in [3.05, 3.63) is 124 Å². The monoisotopic (exact) mass is 684 g/mol. The Morgan fingerprint density at radius 2 is 1.00 bits per heavy atom. The number of nitrogens with two attached hydrogens (primary N) is 4. The summed E-state index contributed by atoms with van der Waals surface area (Å²) in [5.74, 6) is -1.02.